The van der Waals surface area contributed by atoms with E-state index in [0.29, 0.717) is 18.3 Å². The normalized spacial score (nSPS) is 20.3. The van der Waals surface area contributed by atoms with Gasteiger partial charge in [-0.2, -0.15) is 0 Å². The van der Waals surface area contributed by atoms with Gasteiger partial charge in [0, 0.05) is 50.4 Å². The van der Waals surface area contributed by atoms with Crippen LogP contribution in [0, 0.1) is 11.8 Å². The van der Waals surface area contributed by atoms with Crippen molar-refractivity contribution in [3.05, 3.63) is 0 Å². The first-order valence-electron chi connectivity index (χ1n) is 10.8. The summed E-state index contributed by atoms with van der Waals surface area (Å²) >= 11 is 0. The van der Waals surface area contributed by atoms with Gasteiger partial charge in [-0.25, -0.2) is 0 Å². The molecule has 0 radical (unpaired) electrons. The number of piperidine rings is 2. The molecule has 2 fully saturated rings. The number of carbonyl (C=O) groups is 2. The van der Waals surface area contributed by atoms with Crippen molar-refractivity contribution < 1.29 is 29.7 Å². The van der Waals surface area contributed by atoms with E-state index >= 15 is 0 Å². The highest BCUT2D eigenvalue weighted by Crippen LogP contribution is 2.29. The van der Waals surface area contributed by atoms with E-state index in [1.807, 2.05) is 27.7 Å². The highest BCUT2D eigenvalue weighted by Gasteiger charge is 2.36. The number of hydrogen-bond acceptors (Lipinski definition) is 4. The Hall–Kier alpha value is -1.14. The fourth-order valence-electron chi connectivity index (χ4n) is 4.48. The zero-order valence-corrected chi connectivity index (χ0v) is 17.7. The number of quaternary nitrogens is 2. The minimum atomic E-state index is -0.425. The molecule has 2 heterocycles. The van der Waals surface area contributed by atoms with E-state index in [1.165, 1.54) is 0 Å². The van der Waals surface area contributed by atoms with Gasteiger partial charge in [0.15, 0.2) is 0 Å². The molecule has 2 saturated heterocycles. The van der Waals surface area contributed by atoms with Crippen molar-refractivity contribution in [2.75, 3.05) is 26.2 Å². The van der Waals surface area contributed by atoms with Gasteiger partial charge in [0.1, 0.15) is 11.2 Å². The van der Waals surface area contributed by atoms with Crippen LogP contribution in [-0.2, 0) is 19.1 Å². The monoisotopic (exact) mass is 384 g/mol. The van der Waals surface area contributed by atoms with E-state index in [9.17, 15) is 9.59 Å². The third-order valence-corrected chi connectivity index (χ3v) is 6.36. The van der Waals surface area contributed by atoms with Crippen molar-refractivity contribution in [1.29, 1.82) is 0 Å². The maximum absolute atomic E-state index is 12.2. The Balaban J connectivity index is 1.68. The molecule has 0 saturated carbocycles. The summed E-state index contributed by atoms with van der Waals surface area (Å²) in [7, 11) is 0. The SMILES string of the molecule is CC(C)(OC(=O)CCCC(=O)OC(C)(C)C1CC[NH2+]CC1)C1CC[NH2+]CC1. The highest BCUT2D eigenvalue weighted by molar-refractivity contribution is 5.73. The molecule has 2 rings (SSSR count). The van der Waals surface area contributed by atoms with Gasteiger partial charge in [-0.15, -0.1) is 0 Å². The van der Waals surface area contributed by atoms with Crippen molar-refractivity contribution >= 4 is 11.9 Å². The fourth-order valence-corrected chi connectivity index (χ4v) is 4.48. The third-order valence-electron chi connectivity index (χ3n) is 6.36. The number of esters is 2. The Labute approximate surface area is 164 Å². The summed E-state index contributed by atoms with van der Waals surface area (Å²) in [5.41, 5.74) is -0.850. The molecule has 0 aromatic carbocycles. The van der Waals surface area contributed by atoms with Gasteiger partial charge in [0.25, 0.3) is 0 Å². The predicted octanol–water partition coefficient (Wildman–Crippen LogP) is 0.747. The van der Waals surface area contributed by atoms with E-state index in [1.54, 1.807) is 0 Å². The summed E-state index contributed by atoms with van der Waals surface area (Å²) in [6, 6.07) is 0. The Bertz CT molecular complexity index is 448. The van der Waals surface area contributed by atoms with E-state index in [2.05, 4.69) is 10.6 Å². The molecular weight excluding hydrogens is 344 g/mol. The molecule has 27 heavy (non-hydrogen) atoms. The van der Waals surface area contributed by atoms with Crippen molar-refractivity contribution in [3.63, 3.8) is 0 Å². The molecule has 0 atom stereocenters. The van der Waals surface area contributed by atoms with E-state index < -0.39 is 11.2 Å². The van der Waals surface area contributed by atoms with E-state index in [-0.39, 0.29) is 24.8 Å². The van der Waals surface area contributed by atoms with Crippen LogP contribution in [0.3, 0.4) is 0 Å². The molecule has 4 N–H and O–H groups in total. The maximum atomic E-state index is 12.2. The van der Waals surface area contributed by atoms with Crippen LogP contribution in [0.2, 0.25) is 0 Å². The summed E-state index contributed by atoms with van der Waals surface area (Å²) in [5.74, 6) is 0.434. The fraction of sp³-hybridized carbons (Fsp3) is 0.905. The lowest BCUT2D eigenvalue weighted by Gasteiger charge is -2.36. The van der Waals surface area contributed by atoms with Crippen LogP contribution in [-0.4, -0.2) is 49.3 Å². The molecule has 2 aliphatic heterocycles. The van der Waals surface area contributed by atoms with Crippen LogP contribution < -0.4 is 10.6 Å². The minimum absolute atomic E-state index is 0.204. The van der Waals surface area contributed by atoms with Crippen LogP contribution >= 0.6 is 0 Å². The zero-order valence-electron chi connectivity index (χ0n) is 17.7. The molecule has 0 unspecified atom stereocenters. The Morgan fingerprint density at radius 1 is 0.741 bits per heavy atom. The summed E-state index contributed by atoms with van der Waals surface area (Å²) in [4.78, 5) is 24.5. The van der Waals surface area contributed by atoms with E-state index in [4.69, 9.17) is 9.47 Å². The molecule has 0 aromatic heterocycles. The second-order valence-electron chi connectivity index (χ2n) is 9.29. The molecule has 2 aliphatic rings. The first-order chi connectivity index (χ1) is 12.7. The molecule has 6 nitrogen and oxygen atoms in total. The first kappa shape index (κ1) is 22.2. The Kier molecular flexibility index (Phi) is 8.10. The number of ether oxygens (including phenoxy) is 2. The van der Waals surface area contributed by atoms with Crippen molar-refractivity contribution in [1.82, 2.24) is 0 Å². The van der Waals surface area contributed by atoms with Crippen LogP contribution in [0.4, 0.5) is 0 Å². The van der Waals surface area contributed by atoms with E-state index in [0.717, 1.165) is 51.9 Å². The van der Waals surface area contributed by atoms with Crippen LogP contribution in [0.5, 0.6) is 0 Å². The summed E-state index contributed by atoms with van der Waals surface area (Å²) in [6.07, 6.45) is 5.37. The van der Waals surface area contributed by atoms with Crippen molar-refractivity contribution in [2.45, 2.75) is 83.8 Å². The van der Waals surface area contributed by atoms with Gasteiger partial charge in [0.2, 0.25) is 0 Å². The average Bonchev–Trinajstić information content (AvgIpc) is 2.62. The van der Waals surface area contributed by atoms with Crippen LogP contribution in [0.1, 0.15) is 72.6 Å². The summed E-state index contributed by atoms with van der Waals surface area (Å²) in [5, 5.41) is 4.63. The van der Waals surface area contributed by atoms with Gasteiger partial charge in [-0.3, -0.25) is 9.59 Å². The lowest BCUT2D eigenvalue weighted by molar-refractivity contribution is -0.666. The van der Waals surface area contributed by atoms with Gasteiger partial charge in [0.05, 0.1) is 26.2 Å². The molecule has 0 bridgehead atoms. The second kappa shape index (κ2) is 9.87. The smallest absolute Gasteiger partial charge is 0.306 e. The van der Waals surface area contributed by atoms with Crippen molar-refractivity contribution in [3.8, 4) is 0 Å². The number of hydrogen-bond donors (Lipinski definition) is 2. The van der Waals surface area contributed by atoms with Gasteiger partial charge < -0.3 is 20.1 Å². The predicted molar refractivity (Wildman–Crippen MR) is 103 cm³/mol. The molecule has 0 aromatic rings. The Morgan fingerprint density at radius 3 is 1.41 bits per heavy atom. The highest BCUT2D eigenvalue weighted by atomic mass is 16.6. The summed E-state index contributed by atoms with van der Waals surface area (Å²) in [6.45, 7) is 12.5. The zero-order chi connectivity index (χ0) is 19.9. The molecule has 0 aliphatic carbocycles. The van der Waals surface area contributed by atoms with Gasteiger partial charge in [-0.05, 0) is 34.1 Å². The number of carbonyl (C=O) groups excluding carboxylic acids is 2. The third kappa shape index (κ3) is 7.07. The Morgan fingerprint density at radius 2 is 1.07 bits per heavy atom. The second-order valence-corrected chi connectivity index (χ2v) is 9.29. The van der Waals surface area contributed by atoms with Gasteiger partial charge >= 0.3 is 11.9 Å². The molecule has 156 valence electrons. The first-order valence-corrected chi connectivity index (χ1v) is 10.8. The molecular formula is C21H40N2O4+2. The molecule has 0 spiro atoms. The number of nitrogens with two attached hydrogens (primary N) is 2. The standard InChI is InChI=1S/C21H38N2O4/c1-20(2,16-8-12-22-13-9-16)26-18(24)6-5-7-19(25)27-21(3,4)17-10-14-23-15-11-17/h16-17,22-23H,5-15H2,1-4H3/p+2. The van der Waals surface area contributed by atoms with Crippen molar-refractivity contribution in [2.24, 2.45) is 11.8 Å². The maximum Gasteiger partial charge on any atom is 0.306 e. The van der Waals surface area contributed by atoms with Gasteiger partial charge in [-0.1, -0.05) is 0 Å². The minimum Gasteiger partial charge on any atom is -0.459 e. The lowest BCUT2D eigenvalue weighted by Crippen LogP contribution is -2.86. The number of rotatable bonds is 8. The average molecular weight is 385 g/mol. The summed E-state index contributed by atoms with van der Waals surface area (Å²) < 4.78 is 11.5. The largest absolute Gasteiger partial charge is 0.459 e. The quantitative estimate of drug-likeness (QED) is 0.605. The topological polar surface area (TPSA) is 85.8 Å². The molecule has 6 heteroatoms. The van der Waals surface area contributed by atoms with Crippen LogP contribution in [0.15, 0.2) is 0 Å². The van der Waals surface area contributed by atoms with Crippen LogP contribution in [0.25, 0.3) is 0 Å². The lowest BCUT2D eigenvalue weighted by atomic mass is 9.83. The molecule has 0 amide bonds.